The molecule has 160 valence electrons. The second-order valence-electron chi connectivity index (χ2n) is 7.80. The van der Waals surface area contributed by atoms with Crippen LogP contribution in [0.4, 0.5) is 4.39 Å². The summed E-state index contributed by atoms with van der Waals surface area (Å²) >= 11 is 0. The Hall–Kier alpha value is -3.18. The SMILES string of the molecule is C[C@@H](Oc1ccc(F)cc1)C(=O)N1CCN(C(c2ccccc2)c2ccccc2)CC1. The van der Waals surface area contributed by atoms with Crippen molar-refractivity contribution in [2.75, 3.05) is 26.2 Å². The molecule has 1 fully saturated rings. The highest BCUT2D eigenvalue weighted by Gasteiger charge is 2.30. The van der Waals surface area contributed by atoms with Gasteiger partial charge in [0.15, 0.2) is 6.10 Å². The Balaban J connectivity index is 1.41. The van der Waals surface area contributed by atoms with Crippen molar-refractivity contribution >= 4 is 5.91 Å². The van der Waals surface area contributed by atoms with Gasteiger partial charge in [0.05, 0.1) is 6.04 Å². The second kappa shape index (κ2) is 9.75. The Bertz CT molecular complexity index is 932. The molecule has 31 heavy (non-hydrogen) atoms. The van der Waals surface area contributed by atoms with Gasteiger partial charge in [-0.15, -0.1) is 0 Å². The zero-order chi connectivity index (χ0) is 21.6. The van der Waals surface area contributed by atoms with Crippen LogP contribution in [0.15, 0.2) is 84.9 Å². The number of carbonyl (C=O) groups is 1. The first-order valence-electron chi connectivity index (χ1n) is 10.7. The van der Waals surface area contributed by atoms with Crippen LogP contribution in [0.3, 0.4) is 0 Å². The van der Waals surface area contributed by atoms with Crippen LogP contribution < -0.4 is 4.74 Å². The van der Waals surface area contributed by atoms with Gasteiger partial charge in [-0.1, -0.05) is 60.7 Å². The van der Waals surface area contributed by atoms with E-state index in [1.807, 2.05) is 17.0 Å². The summed E-state index contributed by atoms with van der Waals surface area (Å²) < 4.78 is 18.8. The van der Waals surface area contributed by atoms with Gasteiger partial charge < -0.3 is 9.64 Å². The van der Waals surface area contributed by atoms with Gasteiger partial charge in [0.1, 0.15) is 11.6 Å². The first-order valence-corrected chi connectivity index (χ1v) is 10.7. The molecule has 0 saturated carbocycles. The Morgan fingerprint density at radius 3 is 1.84 bits per heavy atom. The molecule has 4 nitrogen and oxygen atoms in total. The lowest BCUT2D eigenvalue weighted by Crippen LogP contribution is -2.52. The van der Waals surface area contributed by atoms with E-state index in [1.165, 1.54) is 23.3 Å². The second-order valence-corrected chi connectivity index (χ2v) is 7.80. The molecule has 5 heteroatoms. The Morgan fingerprint density at radius 2 is 1.32 bits per heavy atom. The molecule has 1 amide bonds. The lowest BCUT2D eigenvalue weighted by Gasteiger charge is -2.40. The predicted molar refractivity (Wildman–Crippen MR) is 119 cm³/mol. The first kappa shape index (κ1) is 21.1. The molecule has 1 aliphatic rings. The number of hydrogen-bond acceptors (Lipinski definition) is 3. The number of piperazine rings is 1. The number of benzene rings is 3. The largest absolute Gasteiger partial charge is 0.481 e. The van der Waals surface area contributed by atoms with E-state index < -0.39 is 6.10 Å². The van der Waals surface area contributed by atoms with E-state index in [0.29, 0.717) is 18.8 Å². The lowest BCUT2D eigenvalue weighted by molar-refractivity contribution is -0.140. The summed E-state index contributed by atoms with van der Waals surface area (Å²) in [5.74, 6) is 0.128. The van der Waals surface area contributed by atoms with Crippen molar-refractivity contribution in [1.82, 2.24) is 9.80 Å². The van der Waals surface area contributed by atoms with Crippen LogP contribution in [0.1, 0.15) is 24.1 Å². The standard InChI is InChI=1S/C26H27FN2O2/c1-20(31-24-14-12-23(27)13-15-24)26(30)29-18-16-28(17-19-29)25(21-8-4-2-5-9-21)22-10-6-3-7-11-22/h2-15,20,25H,16-19H2,1H3/t20-/m1/s1. The van der Waals surface area contributed by atoms with E-state index in [2.05, 4.69) is 53.4 Å². The minimum Gasteiger partial charge on any atom is -0.481 e. The molecule has 1 heterocycles. The maximum absolute atomic E-state index is 13.1. The maximum Gasteiger partial charge on any atom is 0.263 e. The van der Waals surface area contributed by atoms with Gasteiger partial charge in [-0.3, -0.25) is 9.69 Å². The maximum atomic E-state index is 13.1. The third-order valence-electron chi connectivity index (χ3n) is 5.70. The van der Waals surface area contributed by atoms with Crippen molar-refractivity contribution in [3.8, 4) is 5.75 Å². The van der Waals surface area contributed by atoms with Gasteiger partial charge in [0.25, 0.3) is 5.91 Å². The van der Waals surface area contributed by atoms with E-state index >= 15 is 0 Å². The van der Waals surface area contributed by atoms with Gasteiger partial charge in [-0.05, 0) is 42.3 Å². The third-order valence-corrected chi connectivity index (χ3v) is 5.70. The predicted octanol–water partition coefficient (Wildman–Crippen LogP) is 4.53. The molecular weight excluding hydrogens is 391 g/mol. The van der Waals surface area contributed by atoms with Gasteiger partial charge in [0.2, 0.25) is 0 Å². The van der Waals surface area contributed by atoms with Crippen molar-refractivity contribution in [3.05, 3.63) is 102 Å². The molecule has 1 aliphatic heterocycles. The van der Waals surface area contributed by atoms with Crippen LogP contribution in [0.2, 0.25) is 0 Å². The molecule has 0 radical (unpaired) electrons. The van der Waals surface area contributed by atoms with Crippen molar-refractivity contribution in [3.63, 3.8) is 0 Å². The molecule has 3 aromatic carbocycles. The van der Waals surface area contributed by atoms with Crippen molar-refractivity contribution < 1.29 is 13.9 Å². The van der Waals surface area contributed by atoms with E-state index in [1.54, 1.807) is 19.1 Å². The summed E-state index contributed by atoms with van der Waals surface area (Å²) in [7, 11) is 0. The summed E-state index contributed by atoms with van der Waals surface area (Å²) in [5, 5.41) is 0. The molecule has 0 unspecified atom stereocenters. The van der Waals surface area contributed by atoms with Crippen LogP contribution in [0, 0.1) is 5.82 Å². The summed E-state index contributed by atoms with van der Waals surface area (Å²) in [6.07, 6.45) is -0.615. The summed E-state index contributed by atoms with van der Waals surface area (Å²) in [6, 6.07) is 26.9. The highest BCUT2D eigenvalue weighted by atomic mass is 19.1. The molecule has 3 aromatic rings. The fourth-order valence-electron chi connectivity index (χ4n) is 4.11. The van der Waals surface area contributed by atoms with Crippen molar-refractivity contribution in [2.24, 2.45) is 0 Å². The molecular formula is C26H27FN2O2. The molecule has 0 spiro atoms. The lowest BCUT2D eigenvalue weighted by atomic mass is 9.96. The number of amides is 1. The van der Waals surface area contributed by atoms with E-state index in [9.17, 15) is 9.18 Å². The van der Waals surface area contributed by atoms with Crippen molar-refractivity contribution in [1.29, 1.82) is 0 Å². The van der Waals surface area contributed by atoms with E-state index in [4.69, 9.17) is 4.74 Å². The number of carbonyl (C=O) groups excluding carboxylic acids is 1. The molecule has 0 aliphatic carbocycles. The van der Waals surface area contributed by atoms with Gasteiger partial charge in [-0.2, -0.15) is 0 Å². The Morgan fingerprint density at radius 1 is 0.806 bits per heavy atom. The summed E-state index contributed by atoms with van der Waals surface area (Å²) in [6.45, 7) is 4.60. The minimum absolute atomic E-state index is 0.0417. The number of hydrogen-bond donors (Lipinski definition) is 0. The normalized spacial score (nSPS) is 15.6. The Labute approximate surface area is 182 Å². The first-order chi connectivity index (χ1) is 15.1. The van der Waals surface area contributed by atoms with Crippen LogP contribution in [-0.4, -0.2) is 48.0 Å². The molecule has 0 N–H and O–H groups in total. The number of nitrogens with zero attached hydrogens (tertiary/aromatic N) is 2. The quantitative estimate of drug-likeness (QED) is 0.590. The Kier molecular flexibility index (Phi) is 6.63. The summed E-state index contributed by atoms with van der Waals surface area (Å²) in [4.78, 5) is 17.2. The van der Waals surface area contributed by atoms with Crippen LogP contribution in [0.25, 0.3) is 0 Å². The van der Waals surface area contributed by atoms with E-state index in [0.717, 1.165) is 13.1 Å². The van der Waals surface area contributed by atoms with Gasteiger partial charge in [0, 0.05) is 26.2 Å². The van der Waals surface area contributed by atoms with Gasteiger partial charge >= 0.3 is 0 Å². The summed E-state index contributed by atoms with van der Waals surface area (Å²) in [5.41, 5.74) is 2.50. The van der Waals surface area contributed by atoms with Crippen LogP contribution >= 0.6 is 0 Å². The number of halogens is 1. The molecule has 4 rings (SSSR count). The number of ether oxygens (including phenoxy) is 1. The average Bonchev–Trinajstić information content (AvgIpc) is 2.82. The highest BCUT2D eigenvalue weighted by molar-refractivity contribution is 5.81. The topological polar surface area (TPSA) is 32.8 Å². The third kappa shape index (κ3) is 5.12. The monoisotopic (exact) mass is 418 g/mol. The van der Waals surface area contributed by atoms with Crippen LogP contribution in [-0.2, 0) is 4.79 Å². The smallest absolute Gasteiger partial charge is 0.263 e. The zero-order valence-electron chi connectivity index (χ0n) is 17.7. The average molecular weight is 419 g/mol. The minimum atomic E-state index is -0.615. The van der Waals surface area contributed by atoms with Gasteiger partial charge in [-0.25, -0.2) is 4.39 Å². The fourth-order valence-corrected chi connectivity index (χ4v) is 4.11. The molecule has 1 atom stereocenters. The molecule has 1 saturated heterocycles. The fraction of sp³-hybridized carbons (Fsp3) is 0.269. The highest BCUT2D eigenvalue weighted by Crippen LogP contribution is 2.29. The van der Waals surface area contributed by atoms with Crippen molar-refractivity contribution in [2.45, 2.75) is 19.1 Å². The molecule has 0 aromatic heterocycles. The molecule has 0 bridgehead atoms. The number of rotatable bonds is 6. The van der Waals surface area contributed by atoms with Crippen LogP contribution in [0.5, 0.6) is 5.75 Å². The zero-order valence-corrected chi connectivity index (χ0v) is 17.7. The van der Waals surface area contributed by atoms with E-state index in [-0.39, 0.29) is 17.8 Å².